The molecule has 1 unspecified atom stereocenters. The van der Waals surface area contributed by atoms with Crippen LogP contribution in [0.3, 0.4) is 0 Å². The second-order valence-electron chi connectivity index (χ2n) is 5.35. The van der Waals surface area contributed by atoms with E-state index in [1.54, 1.807) is 0 Å². The van der Waals surface area contributed by atoms with Gasteiger partial charge >= 0.3 is 0 Å². The van der Waals surface area contributed by atoms with Gasteiger partial charge in [0, 0.05) is 23.8 Å². The summed E-state index contributed by atoms with van der Waals surface area (Å²) < 4.78 is 5.47. The molecule has 5 nitrogen and oxygen atoms in total. The normalized spacial score (nSPS) is 22.6. The Hall–Kier alpha value is -1.59. The Morgan fingerprint density at radius 1 is 1.40 bits per heavy atom. The number of aliphatic hydroxyl groups excluding tert-OH is 1. The van der Waals surface area contributed by atoms with Crippen LogP contribution in [0, 0.1) is 0 Å². The summed E-state index contributed by atoms with van der Waals surface area (Å²) in [6.07, 6.45) is 2.15. The van der Waals surface area contributed by atoms with Crippen molar-refractivity contribution in [3.05, 3.63) is 29.8 Å². The number of nitrogens with zero attached hydrogens (tertiary/aromatic N) is 1. The fraction of sp³-hybridized carbons (Fsp3) is 0.533. The molecule has 108 valence electrons. The van der Waals surface area contributed by atoms with Gasteiger partial charge in [0.1, 0.15) is 6.04 Å². The molecule has 1 heterocycles. The predicted octanol–water partition coefficient (Wildman–Crippen LogP) is 0.663. The summed E-state index contributed by atoms with van der Waals surface area (Å²) in [7, 11) is 0. The first-order valence-electron chi connectivity index (χ1n) is 7.13. The number of carbonyl (C=O) groups is 1. The molecule has 2 aliphatic rings. The van der Waals surface area contributed by atoms with Crippen molar-refractivity contribution in [2.24, 2.45) is 0 Å². The molecule has 0 aromatic heterocycles. The van der Waals surface area contributed by atoms with Crippen molar-refractivity contribution in [2.45, 2.75) is 31.5 Å². The SMILES string of the molecule is O=C(NC1CC1)C1COCCN1c1ccccc1CO. The summed E-state index contributed by atoms with van der Waals surface area (Å²) >= 11 is 0. The summed E-state index contributed by atoms with van der Waals surface area (Å²) in [5.41, 5.74) is 1.77. The van der Waals surface area contributed by atoms with Crippen LogP contribution in [-0.2, 0) is 16.1 Å². The van der Waals surface area contributed by atoms with Crippen LogP contribution in [0.4, 0.5) is 5.69 Å². The lowest BCUT2D eigenvalue weighted by Gasteiger charge is -2.37. The van der Waals surface area contributed by atoms with Gasteiger partial charge in [-0.3, -0.25) is 4.79 Å². The number of rotatable bonds is 4. The van der Waals surface area contributed by atoms with Crippen molar-refractivity contribution in [3.8, 4) is 0 Å². The zero-order valence-electron chi connectivity index (χ0n) is 11.4. The molecule has 1 aromatic carbocycles. The van der Waals surface area contributed by atoms with Crippen LogP contribution in [0.15, 0.2) is 24.3 Å². The molecule has 1 atom stereocenters. The molecule has 20 heavy (non-hydrogen) atoms. The maximum atomic E-state index is 12.3. The van der Waals surface area contributed by atoms with Crippen LogP contribution in [0.25, 0.3) is 0 Å². The Morgan fingerprint density at radius 2 is 2.20 bits per heavy atom. The largest absolute Gasteiger partial charge is 0.392 e. The summed E-state index contributed by atoms with van der Waals surface area (Å²) in [6, 6.07) is 7.71. The van der Waals surface area contributed by atoms with Gasteiger partial charge in [-0.1, -0.05) is 18.2 Å². The minimum Gasteiger partial charge on any atom is -0.392 e. The third-order valence-electron chi connectivity index (χ3n) is 3.83. The number of benzene rings is 1. The van der Waals surface area contributed by atoms with Gasteiger partial charge in [-0.15, -0.1) is 0 Å². The predicted molar refractivity (Wildman–Crippen MR) is 75.5 cm³/mol. The lowest BCUT2D eigenvalue weighted by molar-refractivity contribution is -0.124. The van der Waals surface area contributed by atoms with E-state index in [9.17, 15) is 9.90 Å². The zero-order chi connectivity index (χ0) is 13.9. The maximum absolute atomic E-state index is 12.3. The lowest BCUT2D eigenvalue weighted by atomic mass is 10.1. The first-order chi connectivity index (χ1) is 9.79. The van der Waals surface area contributed by atoms with Gasteiger partial charge in [0.2, 0.25) is 5.91 Å². The van der Waals surface area contributed by atoms with Crippen molar-refractivity contribution < 1.29 is 14.6 Å². The van der Waals surface area contributed by atoms with Crippen molar-refractivity contribution in [2.75, 3.05) is 24.7 Å². The molecule has 1 saturated carbocycles. The molecular formula is C15H20N2O3. The first kappa shape index (κ1) is 13.4. The van der Waals surface area contributed by atoms with Gasteiger partial charge in [0.15, 0.2) is 0 Å². The van der Waals surface area contributed by atoms with Crippen LogP contribution in [0.1, 0.15) is 18.4 Å². The van der Waals surface area contributed by atoms with Crippen LogP contribution >= 0.6 is 0 Å². The highest BCUT2D eigenvalue weighted by Crippen LogP contribution is 2.25. The average Bonchev–Trinajstić information content (AvgIpc) is 3.31. The van der Waals surface area contributed by atoms with E-state index in [0.717, 1.165) is 24.1 Å². The van der Waals surface area contributed by atoms with Gasteiger partial charge in [0.05, 0.1) is 19.8 Å². The summed E-state index contributed by atoms with van der Waals surface area (Å²) in [6.45, 7) is 1.65. The van der Waals surface area contributed by atoms with Gasteiger partial charge in [-0.05, 0) is 18.9 Å². The molecule has 0 radical (unpaired) electrons. The second-order valence-corrected chi connectivity index (χ2v) is 5.35. The first-order valence-corrected chi connectivity index (χ1v) is 7.13. The summed E-state index contributed by atoms with van der Waals surface area (Å²) in [5.74, 6) is 0.0277. The molecule has 5 heteroatoms. The van der Waals surface area contributed by atoms with E-state index in [-0.39, 0.29) is 18.6 Å². The van der Waals surface area contributed by atoms with E-state index in [1.165, 1.54) is 0 Å². The van der Waals surface area contributed by atoms with Gasteiger partial charge in [-0.2, -0.15) is 0 Å². The number of morpholine rings is 1. The number of anilines is 1. The van der Waals surface area contributed by atoms with Gasteiger partial charge < -0.3 is 20.1 Å². The van der Waals surface area contributed by atoms with E-state index < -0.39 is 0 Å². The number of hydrogen-bond acceptors (Lipinski definition) is 4. The number of aliphatic hydroxyl groups is 1. The quantitative estimate of drug-likeness (QED) is 0.848. The smallest absolute Gasteiger partial charge is 0.245 e. The second kappa shape index (κ2) is 5.81. The number of amides is 1. The lowest BCUT2D eigenvalue weighted by Crippen LogP contribution is -2.54. The molecule has 1 aliphatic heterocycles. The Kier molecular flexibility index (Phi) is 3.89. The standard InChI is InChI=1S/C15H20N2O3/c18-9-11-3-1-2-4-13(11)17-7-8-20-10-14(17)15(19)16-12-5-6-12/h1-4,12,14,18H,5-10H2,(H,16,19). The van der Waals surface area contributed by atoms with Crippen molar-refractivity contribution in [1.82, 2.24) is 5.32 Å². The van der Waals surface area contributed by atoms with Crippen molar-refractivity contribution in [3.63, 3.8) is 0 Å². The minimum atomic E-state index is -0.308. The average molecular weight is 276 g/mol. The van der Waals surface area contributed by atoms with E-state index in [2.05, 4.69) is 5.32 Å². The van der Waals surface area contributed by atoms with E-state index in [1.807, 2.05) is 29.2 Å². The number of ether oxygens (including phenoxy) is 1. The highest BCUT2D eigenvalue weighted by molar-refractivity contribution is 5.86. The topological polar surface area (TPSA) is 61.8 Å². The maximum Gasteiger partial charge on any atom is 0.245 e. The van der Waals surface area contributed by atoms with Gasteiger partial charge in [-0.25, -0.2) is 0 Å². The molecule has 3 rings (SSSR count). The fourth-order valence-electron chi connectivity index (χ4n) is 2.56. The highest BCUT2D eigenvalue weighted by atomic mass is 16.5. The molecule has 2 fully saturated rings. The number of nitrogens with one attached hydrogen (secondary N) is 1. The number of hydrogen-bond donors (Lipinski definition) is 2. The number of para-hydroxylation sites is 1. The van der Waals surface area contributed by atoms with Crippen LogP contribution in [-0.4, -0.2) is 42.9 Å². The molecule has 1 aliphatic carbocycles. The monoisotopic (exact) mass is 276 g/mol. The van der Waals surface area contributed by atoms with E-state index in [4.69, 9.17) is 4.74 Å². The molecule has 0 spiro atoms. The fourth-order valence-corrected chi connectivity index (χ4v) is 2.56. The molecule has 1 aromatic rings. The summed E-state index contributed by atoms with van der Waals surface area (Å²) in [5, 5.41) is 12.5. The summed E-state index contributed by atoms with van der Waals surface area (Å²) in [4.78, 5) is 14.4. The highest BCUT2D eigenvalue weighted by Gasteiger charge is 2.33. The number of carbonyl (C=O) groups excluding carboxylic acids is 1. The van der Waals surface area contributed by atoms with Crippen LogP contribution in [0.5, 0.6) is 0 Å². The zero-order valence-corrected chi connectivity index (χ0v) is 11.4. The molecule has 1 amide bonds. The third-order valence-corrected chi connectivity index (χ3v) is 3.83. The Bertz CT molecular complexity index is 488. The molecule has 2 N–H and O–H groups in total. The Balaban J connectivity index is 1.82. The van der Waals surface area contributed by atoms with E-state index >= 15 is 0 Å². The van der Waals surface area contributed by atoms with Crippen molar-refractivity contribution in [1.29, 1.82) is 0 Å². The van der Waals surface area contributed by atoms with Crippen LogP contribution < -0.4 is 10.2 Å². The molecule has 1 saturated heterocycles. The molecular weight excluding hydrogens is 256 g/mol. The Labute approximate surface area is 118 Å². The van der Waals surface area contributed by atoms with E-state index in [0.29, 0.717) is 25.8 Å². The molecule has 0 bridgehead atoms. The van der Waals surface area contributed by atoms with Crippen molar-refractivity contribution >= 4 is 11.6 Å². The van der Waals surface area contributed by atoms with Crippen LogP contribution in [0.2, 0.25) is 0 Å². The Morgan fingerprint density at radius 3 is 2.95 bits per heavy atom. The third kappa shape index (κ3) is 2.78. The van der Waals surface area contributed by atoms with Gasteiger partial charge in [0.25, 0.3) is 0 Å². The minimum absolute atomic E-state index is 0.0233.